The van der Waals surface area contributed by atoms with Crippen molar-refractivity contribution >= 4 is 89.5 Å². The van der Waals surface area contributed by atoms with Crippen molar-refractivity contribution in [1.82, 2.24) is 59.3 Å². The maximum atomic E-state index is 16.9. The minimum Gasteiger partial charge on any atom is -0.382 e. The Morgan fingerprint density at radius 3 is 2.15 bits per heavy atom. The number of amides is 3. The van der Waals surface area contributed by atoms with E-state index in [1.165, 1.54) is 28.1 Å². The first-order valence-corrected chi connectivity index (χ1v) is 31.5. The van der Waals surface area contributed by atoms with Crippen LogP contribution in [0, 0.1) is 0 Å². The number of benzene rings is 3. The number of ether oxygens (including phenoxy) is 2. The van der Waals surface area contributed by atoms with Gasteiger partial charge in [0.15, 0.2) is 47.7 Å². The number of nitrogens with one attached hydrogen (secondary N) is 2. The normalized spacial score (nSPS) is 24.9. The van der Waals surface area contributed by atoms with Crippen LogP contribution in [0.25, 0.3) is 44.8 Å². The average Bonchev–Trinajstić information content (AvgIpc) is 3.97. The molecule has 4 aliphatic heterocycles. The Labute approximate surface area is 487 Å². The van der Waals surface area contributed by atoms with Crippen LogP contribution in [0.4, 0.5) is 31.8 Å². The molecule has 4 aliphatic rings. The van der Waals surface area contributed by atoms with Gasteiger partial charge in [-0.3, -0.25) is 37.1 Å². The molecule has 3 saturated heterocycles. The number of carbonyl (C=O) groups is 3. The lowest BCUT2D eigenvalue weighted by atomic mass is 9.95. The number of alkyl halides is 2. The van der Waals surface area contributed by atoms with Gasteiger partial charge < -0.3 is 45.5 Å². The van der Waals surface area contributed by atoms with Crippen molar-refractivity contribution in [2.75, 3.05) is 41.4 Å². The Balaban J connectivity index is 0.669. The number of nitrogens with zero attached hydrogens (tertiary/aromatic N) is 12. The molecule has 1 unspecified atom stereocenters. The fraction of sp³-hybridized carbons (Fsp3) is 0.377. The van der Waals surface area contributed by atoms with Crippen molar-refractivity contribution in [3.05, 3.63) is 109 Å². The third-order valence-electron chi connectivity index (χ3n) is 14.8. The molecule has 6 N–H and O–H groups in total. The van der Waals surface area contributed by atoms with Crippen molar-refractivity contribution < 1.29 is 59.9 Å². The summed E-state index contributed by atoms with van der Waals surface area (Å²) in [6.07, 6.45) is -5.93. The first-order chi connectivity index (χ1) is 41.2. The topological polar surface area (TPSA) is 338 Å². The van der Waals surface area contributed by atoms with Crippen molar-refractivity contribution in [1.29, 1.82) is 0 Å². The first kappa shape index (κ1) is 57.8. The second-order valence-electron chi connectivity index (χ2n) is 20.3. The second kappa shape index (κ2) is 24.7. The number of rotatable bonds is 15. The zero-order valence-corrected chi connectivity index (χ0v) is 48.0. The highest BCUT2D eigenvalue weighted by Crippen LogP contribution is 2.64. The van der Waals surface area contributed by atoms with E-state index in [9.17, 15) is 18.9 Å². The summed E-state index contributed by atoms with van der Waals surface area (Å²) in [4.78, 5) is 65.6. The van der Waals surface area contributed by atoms with Crippen LogP contribution >= 0.6 is 26.4 Å². The van der Waals surface area contributed by atoms with Gasteiger partial charge in [-0.1, -0.05) is 73.2 Å². The highest BCUT2D eigenvalue weighted by Gasteiger charge is 2.54. The van der Waals surface area contributed by atoms with E-state index in [1.54, 1.807) is 24.3 Å². The van der Waals surface area contributed by atoms with Crippen LogP contribution in [0.5, 0.6) is 0 Å². The molecular formula is C53H56F2N16O11P2S. The van der Waals surface area contributed by atoms with Crippen LogP contribution in [0.3, 0.4) is 0 Å². The lowest BCUT2D eigenvalue weighted by molar-refractivity contribution is -0.124. The molecule has 9 heterocycles. The predicted octanol–water partition coefficient (Wildman–Crippen LogP) is 7.05. The molecule has 0 bridgehead atoms. The Morgan fingerprint density at radius 1 is 0.788 bits per heavy atom. The van der Waals surface area contributed by atoms with Gasteiger partial charge in [-0.25, -0.2) is 47.9 Å². The molecular weight excluding hydrogens is 1170 g/mol. The molecule has 0 aliphatic carbocycles. The third kappa shape index (κ3) is 11.9. The highest BCUT2D eigenvalue weighted by atomic mass is 32.7. The number of aromatic nitrogens is 11. The van der Waals surface area contributed by atoms with Gasteiger partial charge in [0.1, 0.15) is 53.8 Å². The van der Waals surface area contributed by atoms with E-state index in [0.29, 0.717) is 61.4 Å². The van der Waals surface area contributed by atoms with Gasteiger partial charge in [-0.05, 0) is 53.5 Å². The van der Waals surface area contributed by atoms with Crippen LogP contribution < -0.4 is 27.0 Å². The molecule has 3 amide bonds. The smallest absolute Gasteiger partial charge is 0.382 e. The van der Waals surface area contributed by atoms with Crippen LogP contribution in [-0.4, -0.2) is 128 Å². The van der Waals surface area contributed by atoms with Crippen molar-refractivity contribution in [2.24, 2.45) is 0 Å². The number of aryl methyl sites for hydroxylation is 1. The highest BCUT2D eigenvalue weighted by molar-refractivity contribution is 8.54. The molecule has 0 saturated carbocycles. The standard InChI is InChI=1S/C53H56F2N16O11P2S/c1-2-39(74)68-21-30-10-5-6-11-32(30)42-45(33-12-7-8-13-34(33)68)71(67-66-42)19-9-3-4-14-37(72)58-20-38(73)65-31-17-15-29(16-18-31)24-85-84(76)78-23-36-46(40(54)52(80-36)69-27-63-43-48(56)59-25-61-50(43)69)81-83(75)77-22-35-47(82-84)41(55)53(79-35)70-28-64-44-49(57)60-26-62-51(44)70/h5-8,10-13,15-18,25-28,35-36,40-41,46-47,52-53,83H,2-4,9,14,19-24H2,1H3,(H,58,72)(H,65,73)(H2,56,59,61)(H2,57,60,62)/t35-,36-,40-,41-,46-,47-,52-,53-,84+/m1/s1. The fourth-order valence-electron chi connectivity index (χ4n) is 10.6. The van der Waals surface area contributed by atoms with Crippen LogP contribution in [-0.2, 0) is 69.9 Å². The number of nitrogen functional groups attached to an aromatic ring is 2. The second-order valence-corrected chi connectivity index (χ2v) is 25.3. The summed E-state index contributed by atoms with van der Waals surface area (Å²) in [6.45, 7) is -3.36. The van der Waals surface area contributed by atoms with E-state index in [4.69, 9.17) is 39.0 Å². The Hall–Kier alpha value is -7.66. The molecule has 444 valence electrons. The van der Waals surface area contributed by atoms with E-state index in [-0.39, 0.29) is 64.5 Å². The maximum Gasteiger partial charge on any atom is 0.389 e. The monoisotopic (exact) mass is 1220 g/mol. The Bertz CT molecular complexity index is 3880. The van der Waals surface area contributed by atoms with Crippen LogP contribution in [0.2, 0.25) is 0 Å². The lowest BCUT2D eigenvalue weighted by Gasteiger charge is -2.28. The van der Waals surface area contributed by atoms with Gasteiger partial charge in [-0.15, -0.1) is 5.10 Å². The number of para-hydroxylation sites is 1. The summed E-state index contributed by atoms with van der Waals surface area (Å²) in [5, 5.41) is 14.6. The largest absolute Gasteiger partial charge is 0.389 e. The maximum absolute atomic E-state index is 16.9. The first-order valence-electron chi connectivity index (χ1n) is 27.2. The predicted molar refractivity (Wildman–Crippen MR) is 306 cm³/mol. The summed E-state index contributed by atoms with van der Waals surface area (Å²) in [5.74, 6) is -0.772. The van der Waals surface area contributed by atoms with E-state index in [0.717, 1.165) is 40.1 Å². The van der Waals surface area contributed by atoms with Crippen molar-refractivity contribution in [2.45, 2.75) is 107 Å². The number of imidazole rings is 2. The lowest BCUT2D eigenvalue weighted by Crippen LogP contribution is -2.36. The molecule has 32 heteroatoms. The number of unbranched alkanes of at least 4 members (excludes halogenated alkanes) is 2. The van der Waals surface area contributed by atoms with Crippen molar-refractivity contribution in [3.8, 4) is 22.5 Å². The molecule has 8 aromatic rings. The molecule has 85 heavy (non-hydrogen) atoms. The molecule has 10 atom stereocenters. The van der Waals surface area contributed by atoms with Gasteiger partial charge in [0.05, 0.1) is 50.3 Å². The van der Waals surface area contributed by atoms with Crippen LogP contribution in [0.1, 0.15) is 62.6 Å². The number of carbonyl (C=O) groups excluding carboxylic acids is 3. The molecule has 27 nitrogen and oxygen atoms in total. The summed E-state index contributed by atoms with van der Waals surface area (Å²) in [6, 6.07) is 22.2. The zero-order chi connectivity index (χ0) is 58.9. The Morgan fingerprint density at radius 2 is 1.45 bits per heavy atom. The SMILES string of the molecule is CCC(=O)N1Cc2ccccc2-c2nnn(CCCCCC(=O)NCC(=O)Nc3ccc(CS[P@@]4(=O)OC[C@H]5O[C@@H](n6cnc7c(N)ncnc76)[C@H](F)[C@@H]5O[PH](=O)OC[C@H]5O[C@@H](n6cnc7c(N)ncnc76)[C@H](F)[C@@H]5O4)cc3)c2-c2ccccc21. The fourth-order valence-corrected chi connectivity index (χ4v) is 14.9. The number of hydrogen-bond acceptors (Lipinski definition) is 22. The number of anilines is 4. The number of hydrogen-bond donors (Lipinski definition) is 4. The summed E-state index contributed by atoms with van der Waals surface area (Å²) < 4.78 is 102. The summed E-state index contributed by atoms with van der Waals surface area (Å²) in [5.41, 5.74) is 18.6. The van der Waals surface area contributed by atoms with E-state index in [2.05, 4.69) is 50.8 Å². The van der Waals surface area contributed by atoms with Crippen molar-refractivity contribution in [3.63, 3.8) is 0 Å². The van der Waals surface area contributed by atoms with Gasteiger partial charge >= 0.3 is 15.1 Å². The third-order valence-corrected chi connectivity index (χ3v) is 19.4. The molecule has 12 rings (SSSR count). The number of fused-ring (bicyclic) bond motifs is 9. The molecule has 3 aromatic carbocycles. The van der Waals surface area contributed by atoms with E-state index >= 15 is 13.3 Å². The van der Waals surface area contributed by atoms with Gasteiger partial charge in [0, 0.05) is 42.0 Å². The number of nitrogens with two attached hydrogens (primary N) is 2. The molecule has 5 aromatic heterocycles. The number of halogens is 2. The Kier molecular flexibility index (Phi) is 16.8. The molecule has 0 radical (unpaired) electrons. The zero-order valence-electron chi connectivity index (χ0n) is 45.3. The summed E-state index contributed by atoms with van der Waals surface area (Å²) in [7, 11) is -3.57. The van der Waals surface area contributed by atoms with Gasteiger partial charge in [-0.2, -0.15) is 0 Å². The van der Waals surface area contributed by atoms with E-state index in [1.807, 2.05) is 65.0 Å². The van der Waals surface area contributed by atoms with E-state index < -0.39 is 83.4 Å². The quantitative estimate of drug-likeness (QED) is 0.0590. The minimum atomic E-state index is -4.56. The average molecular weight is 1230 g/mol. The van der Waals surface area contributed by atoms with Gasteiger partial charge in [0.25, 0.3) is 0 Å². The minimum absolute atomic E-state index is 0.00592. The van der Waals surface area contributed by atoms with Gasteiger partial charge in [0.2, 0.25) is 17.7 Å². The molecule has 3 fully saturated rings. The molecule has 0 spiro atoms. The van der Waals surface area contributed by atoms with Crippen LogP contribution in [0.15, 0.2) is 98.1 Å². The summed E-state index contributed by atoms with van der Waals surface area (Å²) >= 11 is 0.685.